The van der Waals surface area contributed by atoms with Gasteiger partial charge in [0.05, 0.1) is 12.5 Å². The summed E-state index contributed by atoms with van der Waals surface area (Å²) >= 11 is 0. The molecule has 1 heterocycles. The maximum absolute atomic E-state index is 11.3. The van der Waals surface area contributed by atoms with Crippen molar-refractivity contribution in [3.05, 3.63) is 29.8 Å². The topological polar surface area (TPSA) is 49.8 Å². The van der Waals surface area contributed by atoms with Gasteiger partial charge in [0.2, 0.25) is 0 Å². The number of likely N-dealkylation sites (tertiary alicyclic amines) is 1. The van der Waals surface area contributed by atoms with Crippen molar-refractivity contribution >= 4 is 5.97 Å². The molecule has 2 rings (SSSR count). The molecule has 110 valence electrons. The quantitative estimate of drug-likeness (QED) is 0.919. The Morgan fingerprint density at radius 3 is 2.50 bits per heavy atom. The minimum atomic E-state index is -0.679. The minimum Gasteiger partial charge on any atom is -0.496 e. The van der Waals surface area contributed by atoms with E-state index in [-0.39, 0.29) is 6.04 Å². The summed E-state index contributed by atoms with van der Waals surface area (Å²) in [5.41, 5.74) is 0.589. The fourth-order valence-corrected chi connectivity index (χ4v) is 2.83. The van der Waals surface area contributed by atoms with E-state index in [9.17, 15) is 9.90 Å². The molecule has 4 nitrogen and oxygen atoms in total. The predicted molar refractivity (Wildman–Crippen MR) is 78.0 cm³/mol. The number of para-hydroxylation sites is 1. The maximum atomic E-state index is 11.3. The number of methoxy groups -OCH3 is 1. The van der Waals surface area contributed by atoms with Crippen molar-refractivity contribution in [3.8, 4) is 5.75 Å². The molecule has 1 aromatic carbocycles. The van der Waals surface area contributed by atoms with E-state index in [0.29, 0.717) is 12.8 Å². The fraction of sp³-hybridized carbons (Fsp3) is 0.562. The zero-order chi connectivity index (χ0) is 14.8. The van der Waals surface area contributed by atoms with Gasteiger partial charge in [-0.05, 0) is 45.8 Å². The van der Waals surface area contributed by atoms with Crippen molar-refractivity contribution in [2.24, 2.45) is 5.41 Å². The largest absolute Gasteiger partial charge is 0.496 e. The molecule has 0 amide bonds. The Balaban J connectivity index is 2.09. The van der Waals surface area contributed by atoms with E-state index in [1.165, 1.54) is 0 Å². The van der Waals surface area contributed by atoms with Gasteiger partial charge >= 0.3 is 5.97 Å². The molecule has 0 bridgehead atoms. The Morgan fingerprint density at radius 1 is 1.35 bits per heavy atom. The molecule has 0 saturated carbocycles. The van der Waals surface area contributed by atoms with Gasteiger partial charge in [0.25, 0.3) is 0 Å². The number of carbonyl (C=O) groups is 1. The third-order valence-corrected chi connectivity index (χ3v) is 4.55. The lowest BCUT2D eigenvalue weighted by molar-refractivity contribution is -0.151. The van der Waals surface area contributed by atoms with Gasteiger partial charge in [-0.2, -0.15) is 0 Å². The summed E-state index contributed by atoms with van der Waals surface area (Å²) in [5.74, 6) is 0.216. The van der Waals surface area contributed by atoms with Crippen molar-refractivity contribution in [3.63, 3.8) is 0 Å². The summed E-state index contributed by atoms with van der Waals surface area (Å²) in [7, 11) is 1.68. The van der Waals surface area contributed by atoms with Crippen LogP contribution in [-0.4, -0.2) is 36.2 Å². The highest BCUT2D eigenvalue weighted by atomic mass is 16.5. The summed E-state index contributed by atoms with van der Waals surface area (Å²) in [6.45, 7) is 5.62. The monoisotopic (exact) mass is 277 g/mol. The molecule has 0 radical (unpaired) electrons. The second-order valence-electron chi connectivity index (χ2n) is 5.82. The lowest BCUT2D eigenvalue weighted by Crippen LogP contribution is -2.43. The molecule has 1 aromatic rings. The first-order valence-corrected chi connectivity index (χ1v) is 7.08. The third-order valence-electron chi connectivity index (χ3n) is 4.55. The van der Waals surface area contributed by atoms with Crippen LogP contribution in [-0.2, 0) is 4.79 Å². The van der Waals surface area contributed by atoms with Crippen LogP contribution in [0.5, 0.6) is 5.75 Å². The van der Waals surface area contributed by atoms with Crippen LogP contribution in [0.4, 0.5) is 0 Å². The van der Waals surface area contributed by atoms with Crippen molar-refractivity contribution in [2.75, 3.05) is 20.2 Å². The van der Waals surface area contributed by atoms with Crippen molar-refractivity contribution < 1.29 is 14.6 Å². The molecule has 1 N–H and O–H groups in total. The Morgan fingerprint density at radius 2 is 1.95 bits per heavy atom. The molecule has 0 aromatic heterocycles. The first-order valence-electron chi connectivity index (χ1n) is 7.08. The predicted octanol–water partition coefficient (Wildman–Crippen LogP) is 2.94. The normalized spacial score (nSPS) is 20.4. The summed E-state index contributed by atoms with van der Waals surface area (Å²) < 4.78 is 5.42. The molecule has 1 atom stereocenters. The van der Waals surface area contributed by atoms with E-state index in [1.54, 1.807) is 7.11 Å². The number of aliphatic carboxylic acids is 1. The second-order valence-corrected chi connectivity index (χ2v) is 5.82. The number of hydrogen-bond donors (Lipinski definition) is 1. The van der Waals surface area contributed by atoms with Crippen LogP contribution in [0.2, 0.25) is 0 Å². The standard InChI is InChI=1S/C16H23NO3/c1-12(13-6-4-5-7-14(13)20-3)17-10-8-16(2,9-11-17)15(18)19/h4-7,12H,8-11H2,1-3H3,(H,18,19). The Hall–Kier alpha value is -1.55. The fourth-order valence-electron chi connectivity index (χ4n) is 2.83. The molecule has 20 heavy (non-hydrogen) atoms. The molecule has 1 saturated heterocycles. The molecule has 1 unspecified atom stereocenters. The molecule has 1 aliphatic heterocycles. The summed E-state index contributed by atoms with van der Waals surface area (Å²) in [6.07, 6.45) is 1.39. The van der Waals surface area contributed by atoms with E-state index >= 15 is 0 Å². The van der Waals surface area contributed by atoms with Crippen LogP contribution in [0.3, 0.4) is 0 Å². The van der Waals surface area contributed by atoms with Gasteiger partial charge in [-0.3, -0.25) is 9.69 Å². The lowest BCUT2D eigenvalue weighted by atomic mass is 9.80. The van der Waals surface area contributed by atoms with E-state index in [4.69, 9.17) is 4.74 Å². The van der Waals surface area contributed by atoms with Crippen LogP contribution in [0.1, 0.15) is 38.3 Å². The first kappa shape index (κ1) is 14.9. The van der Waals surface area contributed by atoms with Crippen molar-refractivity contribution in [2.45, 2.75) is 32.7 Å². The minimum absolute atomic E-state index is 0.240. The van der Waals surface area contributed by atoms with Gasteiger partial charge in [0.15, 0.2) is 0 Å². The molecule has 0 aliphatic carbocycles. The Bertz CT molecular complexity index is 478. The van der Waals surface area contributed by atoms with Crippen LogP contribution in [0, 0.1) is 5.41 Å². The van der Waals surface area contributed by atoms with Crippen molar-refractivity contribution in [1.29, 1.82) is 0 Å². The lowest BCUT2D eigenvalue weighted by Gasteiger charge is -2.39. The van der Waals surface area contributed by atoms with Crippen molar-refractivity contribution in [1.82, 2.24) is 4.90 Å². The van der Waals surface area contributed by atoms with Gasteiger partial charge in [-0.1, -0.05) is 18.2 Å². The molecule has 1 fully saturated rings. The summed E-state index contributed by atoms with van der Waals surface area (Å²) in [5, 5.41) is 9.28. The highest BCUT2D eigenvalue weighted by molar-refractivity contribution is 5.74. The zero-order valence-electron chi connectivity index (χ0n) is 12.4. The van der Waals surface area contributed by atoms with Gasteiger partial charge in [0, 0.05) is 11.6 Å². The van der Waals surface area contributed by atoms with Gasteiger partial charge in [-0.25, -0.2) is 0 Å². The molecule has 1 aliphatic rings. The SMILES string of the molecule is COc1ccccc1C(C)N1CCC(C)(C(=O)O)CC1. The van der Waals surface area contributed by atoms with Crippen LogP contribution in [0.25, 0.3) is 0 Å². The Labute approximate surface area is 120 Å². The van der Waals surface area contributed by atoms with E-state index in [1.807, 2.05) is 25.1 Å². The summed E-state index contributed by atoms with van der Waals surface area (Å²) in [6, 6.07) is 8.27. The number of benzene rings is 1. The van der Waals surface area contributed by atoms with E-state index in [0.717, 1.165) is 24.4 Å². The smallest absolute Gasteiger partial charge is 0.309 e. The van der Waals surface area contributed by atoms with Gasteiger partial charge in [0.1, 0.15) is 5.75 Å². The number of ether oxygens (including phenoxy) is 1. The molecule has 4 heteroatoms. The first-order chi connectivity index (χ1) is 9.48. The highest BCUT2D eigenvalue weighted by Crippen LogP contribution is 2.36. The third kappa shape index (κ3) is 2.80. The molecular formula is C16H23NO3. The average Bonchev–Trinajstić information content (AvgIpc) is 2.47. The zero-order valence-corrected chi connectivity index (χ0v) is 12.4. The number of hydrogen-bond acceptors (Lipinski definition) is 3. The van der Waals surface area contributed by atoms with E-state index in [2.05, 4.69) is 17.9 Å². The van der Waals surface area contributed by atoms with Crippen LogP contribution < -0.4 is 4.74 Å². The molecular weight excluding hydrogens is 254 g/mol. The number of carboxylic acids is 1. The van der Waals surface area contributed by atoms with Crippen LogP contribution in [0.15, 0.2) is 24.3 Å². The molecule has 0 spiro atoms. The Kier molecular flexibility index (Phi) is 4.33. The number of nitrogens with zero attached hydrogens (tertiary/aromatic N) is 1. The van der Waals surface area contributed by atoms with Gasteiger partial charge in [-0.15, -0.1) is 0 Å². The second kappa shape index (κ2) is 5.83. The number of rotatable bonds is 4. The average molecular weight is 277 g/mol. The number of carboxylic acid groups (broad SMARTS) is 1. The maximum Gasteiger partial charge on any atom is 0.309 e. The van der Waals surface area contributed by atoms with Gasteiger partial charge < -0.3 is 9.84 Å². The summed E-state index contributed by atoms with van der Waals surface area (Å²) in [4.78, 5) is 13.6. The highest BCUT2D eigenvalue weighted by Gasteiger charge is 2.38. The van der Waals surface area contributed by atoms with Crippen LogP contribution >= 0.6 is 0 Å². The van der Waals surface area contributed by atoms with E-state index < -0.39 is 11.4 Å². The number of piperidine rings is 1.